The number of oxime groups is 1. The maximum absolute atomic E-state index is 13.4. The van der Waals surface area contributed by atoms with Crippen molar-refractivity contribution in [2.24, 2.45) is 5.16 Å². The van der Waals surface area contributed by atoms with E-state index in [0.29, 0.717) is 42.6 Å². The molecule has 2 saturated heterocycles. The first-order chi connectivity index (χ1) is 20.7. The summed E-state index contributed by atoms with van der Waals surface area (Å²) in [4.78, 5) is 48.4. The van der Waals surface area contributed by atoms with Crippen LogP contribution in [0.25, 0.3) is 0 Å². The number of aromatic nitrogens is 3. The number of sulfone groups is 1. The van der Waals surface area contributed by atoms with Gasteiger partial charge in [0.15, 0.2) is 33.1 Å². The average Bonchev–Trinajstić information content (AvgIpc) is 3.69. The molecule has 228 valence electrons. The fourth-order valence-electron chi connectivity index (χ4n) is 5.00. The quantitative estimate of drug-likeness (QED) is 0.261. The Hall–Kier alpha value is -3.79. The first-order valence-corrected chi connectivity index (χ1v) is 16.2. The van der Waals surface area contributed by atoms with Gasteiger partial charge in [0.05, 0.1) is 16.8 Å². The number of nitrogens with one attached hydrogen (secondary N) is 1. The molecular weight excluding hydrogens is 594 g/mol. The minimum Gasteiger partial charge on any atom is -0.387 e. The Bertz CT molecular complexity index is 1560. The molecule has 0 radical (unpaired) electrons. The van der Waals surface area contributed by atoms with Crippen LogP contribution in [0.2, 0.25) is 0 Å². The van der Waals surface area contributed by atoms with Gasteiger partial charge < -0.3 is 14.5 Å². The van der Waals surface area contributed by atoms with Crippen molar-refractivity contribution in [3.05, 3.63) is 65.2 Å². The van der Waals surface area contributed by atoms with Gasteiger partial charge in [-0.3, -0.25) is 19.8 Å². The van der Waals surface area contributed by atoms with Crippen LogP contribution in [0.3, 0.4) is 0 Å². The van der Waals surface area contributed by atoms with E-state index in [1.165, 1.54) is 35.6 Å². The molecule has 0 spiro atoms. The first kappa shape index (κ1) is 30.7. The van der Waals surface area contributed by atoms with Crippen molar-refractivity contribution in [1.82, 2.24) is 24.8 Å². The molecule has 2 aromatic heterocycles. The van der Waals surface area contributed by atoms with Crippen LogP contribution in [-0.2, 0) is 42.2 Å². The zero-order chi connectivity index (χ0) is 30.4. The van der Waals surface area contributed by atoms with E-state index in [1.807, 2.05) is 11.8 Å². The van der Waals surface area contributed by atoms with Gasteiger partial charge >= 0.3 is 0 Å². The Labute approximate surface area is 253 Å². The number of carbonyl (C=O) groups excluding carboxylic acids is 2. The monoisotopic (exact) mass is 627 g/mol. The third kappa shape index (κ3) is 7.60. The Balaban J connectivity index is 1.29. The molecule has 15 heteroatoms. The summed E-state index contributed by atoms with van der Waals surface area (Å²) in [5.41, 5.74) is 0.303. The lowest BCUT2D eigenvalue weighted by Crippen LogP contribution is -2.52. The number of piperazine rings is 1. The largest absolute Gasteiger partial charge is 0.387 e. The zero-order valence-electron chi connectivity index (χ0n) is 23.9. The van der Waals surface area contributed by atoms with Crippen LogP contribution in [0.5, 0.6) is 0 Å². The summed E-state index contributed by atoms with van der Waals surface area (Å²) in [6, 6.07) is 7.76. The summed E-state index contributed by atoms with van der Waals surface area (Å²) in [6.45, 7) is 6.94. The van der Waals surface area contributed by atoms with E-state index in [9.17, 15) is 18.0 Å². The predicted octanol–water partition coefficient (Wildman–Crippen LogP) is 2.11. The van der Waals surface area contributed by atoms with E-state index in [0.717, 1.165) is 18.0 Å². The molecule has 3 aromatic rings. The normalized spacial score (nSPS) is 19.8. The van der Waals surface area contributed by atoms with Crippen molar-refractivity contribution < 1.29 is 27.6 Å². The predicted molar refractivity (Wildman–Crippen MR) is 159 cm³/mol. The highest BCUT2D eigenvalue weighted by Gasteiger charge is 2.31. The molecule has 1 N–H and O–H groups in total. The van der Waals surface area contributed by atoms with Gasteiger partial charge in [0.25, 0.3) is 5.91 Å². The smallest absolute Gasteiger partial charge is 0.280 e. The van der Waals surface area contributed by atoms with Crippen molar-refractivity contribution in [3.8, 4) is 0 Å². The Kier molecular flexibility index (Phi) is 9.75. The van der Waals surface area contributed by atoms with E-state index in [-0.39, 0.29) is 35.8 Å². The topological polar surface area (TPSA) is 156 Å². The lowest BCUT2D eigenvalue weighted by molar-refractivity contribution is -0.133. The highest BCUT2D eigenvalue weighted by atomic mass is 32.2. The van der Waals surface area contributed by atoms with Crippen molar-refractivity contribution in [2.75, 3.05) is 38.2 Å². The lowest BCUT2D eigenvalue weighted by Gasteiger charge is -2.39. The number of ether oxygens (including phenoxy) is 1. The number of carbonyl (C=O) groups is 2. The van der Waals surface area contributed by atoms with Gasteiger partial charge in [0.1, 0.15) is 0 Å². The van der Waals surface area contributed by atoms with Gasteiger partial charge in [-0.1, -0.05) is 17.3 Å². The number of rotatable bonds is 10. The van der Waals surface area contributed by atoms with Crippen molar-refractivity contribution >= 4 is 43.8 Å². The van der Waals surface area contributed by atoms with Gasteiger partial charge in [0, 0.05) is 74.8 Å². The van der Waals surface area contributed by atoms with Gasteiger partial charge in [0.2, 0.25) is 5.91 Å². The third-order valence-corrected chi connectivity index (χ3v) is 10.3. The molecule has 0 saturated carbocycles. The van der Waals surface area contributed by atoms with Crippen LogP contribution >= 0.6 is 11.3 Å². The Morgan fingerprint density at radius 1 is 1.16 bits per heavy atom. The molecule has 43 heavy (non-hydrogen) atoms. The molecule has 2 aliphatic rings. The minimum atomic E-state index is -3.57. The molecule has 1 aromatic carbocycles. The molecule has 4 heterocycles. The molecule has 5 rings (SSSR count). The van der Waals surface area contributed by atoms with E-state index < -0.39 is 21.0 Å². The van der Waals surface area contributed by atoms with Crippen molar-refractivity contribution in [2.45, 2.75) is 49.6 Å². The second kappa shape index (κ2) is 13.7. The maximum Gasteiger partial charge on any atom is 0.280 e. The molecule has 2 amide bonds. The molecular formula is C28H33N7O6S2. The lowest BCUT2D eigenvalue weighted by atomic mass is 10.1. The Morgan fingerprint density at radius 2 is 1.93 bits per heavy atom. The average molecular weight is 628 g/mol. The van der Waals surface area contributed by atoms with E-state index in [1.54, 1.807) is 31.6 Å². The third-order valence-electron chi connectivity index (χ3n) is 7.24. The number of hydrogen-bond donors (Lipinski definition) is 1. The molecule has 13 nitrogen and oxygen atoms in total. The van der Waals surface area contributed by atoms with Crippen molar-refractivity contribution in [3.63, 3.8) is 0 Å². The summed E-state index contributed by atoms with van der Waals surface area (Å²) in [5, 5.41) is 6.65. The number of anilines is 1. The molecule has 0 unspecified atom stereocenters. The molecule has 2 atom stereocenters. The van der Waals surface area contributed by atoms with Gasteiger partial charge in [-0.05, 0) is 31.5 Å². The van der Waals surface area contributed by atoms with Crippen LogP contribution in [0, 0.1) is 0 Å². The second-order valence-electron chi connectivity index (χ2n) is 10.3. The highest BCUT2D eigenvalue weighted by Crippen LogP contribution is 2.24. The second-order valence-corrected chi connectivity index (χ2v) is 13.7. The fraction of sp³-hybridized carbons (Fsp3) is 0.429. The summed E-state index contributed by atoms with van der Waals surface area (Å²) < 4.78 is 31.2. The van der Waals surface area contributed by atoms with Gasteiger partial charge in [-0.2, -0.15) is 0 Å². The summed E-state index contributed by atoms with van der Waals surface area (Å²) >= 11 is 1.34. The number of amides is 2. The molecule has 0 aliphatic carbocycles. The van der Waals surface area contributed by atoms with E-state index in [2.05, 4.69) is 30.3 Å². The zero-order valence-corrected chi connectivity index (χ0v) is 25.5. The maximum atomic E-state index is 13.4. The van der Waals surface area contributed by atoms with Crippen LogP contribution < -0.4 is 5.32 Å². The first-order valence-electron chi connectivity index (χ1n) is 13.8. The number of nitrogens with zero attached hydrogens (tertiary/aromatic N) is 6. The summed E-state index contributed by atoms with van der Waals surface area (Å²) in [7, 11) is -3.57. The summed E-state index contributed by atoms with van der Waals surface area (Å²) in [6.07, 6.45) is 5.30. The van der Waals surface area contributed by atoms with Crippen LogP contribution in [0.4, 0.5) is 5.13 Å². The van der Waals surface area contributed by atoms with Crippen LogP contribution in [0.1, 0.15) is 36.5 Å². The number of benzene rings is 1. The van der Waals surface area contributed by atoms with Crippen LogP contribution in [0.15, 0.2) is 59.0 Å². The van der Waals surface area contributed by atoms with Crippen LogP contribution in [-0.4, -0.2) is 94.8 Å². The van der Waals surface area contributed by atoms with E-state index in [4.69, 9.17) is 9.57 Å². The van der Waals surface area contributed by atoms with Crippen molar-refractivity contribution in [1.29, 1.82) is 0 Å². The van der Waals surface area contributed by atoms with Gasteiger partial charge in [-0.25, -0.2) is 23.4 Å². The number of hydrogen-bond acceptors (Lipinski definition) is 12. The minimum absolute atomic E-state index is 0.0602. The number of thiazole rings is 1. The molecule has 2 aliphatic heterocycles. The SMILES string of the molecule is CC(=O)N1CCN(Cc2cnc(NC(=O)/C(=N/OCc3ncccn3)c3ccc(S(=O)(=O)[C@H]4CCOC4)cc3)s2)C[C@@H]1C. The van der Waals surface area contributed by atoms with E-state index >= 15 is 0 Å². The molecule has 2 fully saturated rings. The standard InChI is InChI=1S/C28H33N7O6S2/c1-19-15-34(11-12-35(19)20(2)36)16-22-14-31-28(42-22)32-27(37)26(33-41-18-25-29-9-3-10-30-25)21-4-6-23(7-5-21)43(38,39)24-8-13-40-17-24/h3-7,9-10,14,19,24H,8,11-13,15-18H2,1-2H3,(H,31,32,37)/b33-26+/t19-,24-/m0/s1. The fourth-order valence-corrected chi connectivity index (χ4v) is 7.43. The van der Waals surface area contributed by atoms with Gasteiger partial charge in [-0.15, -0.1) is 11.3 Å². The highest BCUT2D eigenvalue weighted by molar-refractivity contribution is 7.92. The Morgan fingerprint density at radius 3 is 2.60 bits per heavy atom. The molecule has 0 bridgehead atoms. The summed E-state index contributed by atoms with van der Waals surface area (Å²) in [5.74, 6) is -0.111.